The van der Waals surface area contributed by atoms with Crippen molar-refractivity contribution < 1.29 is 9.59 Å². The molecule has 3 heterocycles. The van der Waals surface area contributed by atoms with Gasteiger partial charge in [-0.2, -0.15) is 0 Å². The summed E-state index contributed by atoms with van der Waals surface area (Å²) >= 11 is 0. The number of aromatic nitrogens is 1. The van der Waals surface area contributed by atoms with E-state index in [0.717, 1.165) is 6.54 Å². The van der Waals surface area contributed by atoms with E-state index in [0.29, 0.717) is 17.7 Å². The molecule has 1 aromatic rings. The van der Waals surface area contributed by atoms with E-state index in [1.54, 1.807) is 30.7 Å². The first kappa shape index (κ1) is 11.6. The molecule has 0 saturated carbocycles. The van der Waals surface area contributed by atoms with Gasteiger partial charge in [-0.25, -0.2) is 0 Å². The fourth-order valence-electron chi connectivity index (χ4n) is 2.26. The van der Waals surface area contributed by atoms with Gasteiger partial charge < -0.3 is 10.2 Å². The number of hydrogen-bond acceptors (Lipinski definition) is 4. The second-order valence-corrected chi connectivity index (χ2v) is 4.55. The van der Waals surface area contributed by atoms with Gasteiger partial charge in [-0.1, -0.05) is 12.2 Å². The Labute approximate surface area is 110 Å². The maximum Gasteiger partial charge on any atom is 0.255 e. The zero-order chi connectivity index (χ0) is 13.2. The number of pyridine rings is 1. The van der Waals surface area contributed by atoms with E-state index in [9.17, 15) is 9.59 Å². The number of amides is 1. The second kappa shape index (κ2) is 4.68. The molecule has 0 bridgehead atoms. The van der Waals surface area contributed by atoms with Crippen LogP contribution in [0.2, 0.25) is 0 Å². The quantitative estimate of drug-likeness (QED) is 0.796. The summed E-state index contributed by atoms with van der Waals surface area (Å²) in [6.07, 6.45) is 9.30. The maximum absolute atomic E-state index is 12.0. The Hall–Kier alpha value is -2.43. The van der Waals surface area contributed by atoms with Gasteiger partial charge in [0.15, 0.2) is 5.78 Å². The largest absolute Gasteiger partial charge is 0.365 e. The highest BCUT2D eigenvalue weighted by Crippen LogP contribution is 2.21. The summed E-state index contributed by atoms with van der Waals surface area (Å²) < 4.78 is 0. The van der Waals surface area contributed by atoms with Crippen LogP contribution in [0.15, 0.2) is 48.6 Å². The molecule has 1 atom stereocenters. The molecule has 3 rings (SSSR count). The summed E-state index contributed by atoms with van der Waals surface area (Å²) in [5, 5.41) is 2.67. The smallest absolute Gasteiger partial charge is 0.255 e. The Morgan fingerprint density at radius 1 is 1.37 bits per heavy atom. The zero-order valence-electron chi connectivity index (χ0n) is 10.2. The summed E-state index contributed by atoms with van der Waals surface area (Å²) in [7, 11) is 0. The highest BCUT2D eigenvalue weighted by atomic mass is 16.2. The highest BCUT2D eigenvalue weighted by Gasteiger charge is 2.28. The van der Waals surface area contributed by atoms with Crippen molar-refractivity contribution in [2.24, 2.45) is 0 Å². The van der Waals surface area contributed by atoms with E-state index >= 15 is 0 Å². The number of carbonyl (C=O) groups excluding carboxylic acids is 2. The number of rotatable bonds is 2. The van der Waals surface area contributed by atoms with Gasteiger partial charge in [-0.05, 0) is 12.1 Å². The zero-order valence-corrected chi connectivity index (χ0v) is 10.2. The van der Waals surface area contributed by atoms with Crippen LogP contribution >= 0.6 is 0 Å². The fraction of sp³-hybridized carbons (Fsp3) is 0.214. The first-order chi connectivity index (χ1) is 9.24. The first-order valence-electron chi connectivity index (χ1n) is 6.13. The normalized spacial score (nSPS) is 21.1. The molecule has 1 aromatic heterocycles. The molecule has 0 spiro atoms. The average Bonchev–Trinajstić information content (AvgIpc) is 2.87. The Bertz CT molecular complexity index is 578. The number of carbonyl (C=O) groups is 2. The lowest BCUT2D eigenvalue weighted by Crippen LogP contribution is -2.38. The van der Waals surface area contributed by atoms with Crippen molar-refractivity contribution in [3.05, 3.63) is 54.1 Å². The van der Waals surface area contributed by atoms with Crippen LogP contribution in [0, 0.1) is 0 Å². The Morgan fingerprint density at radius 3 is 2.95 bits per heavy atom. The number of nitrogens with zero attached hydrogens (tertiary/aromatic N) is 2. The van der Waals surface area contributed by atoms with Crippen molar-refractivity contribution >= 4 is 11.7 Å². The monoisotopic (exact) mass is 255 g/mol. The molecule has 5 heteroatoms. The van der Waals surface area contributed by atoms with Gasteiger partial charge in [0.1, 0.15) is 5.70 Å². The van der Waals surface area contributed by atoms with Crippen LogP contribution in [-0.4, -0.2) is 34.2 Å². The van der Waals surface area contributed by atoms with E-state index in [2.05, 4.69) is 10.3 Å². The van der Waals surface area contributed by atoms with Crippen molar-refractivity contribution in [1.29, 1.82) is 0 Å². The Morgan fingerprint density at radius 2 is 2.16 bits per heavy atom. The lowest BCUT2D eigenvalue weighted by Gasteiger charge is -2.28. The van der Waals surface area contributed by atoms with Crippen LogP contribution in [0.4, 0.5) is 0 Å². The van der Waals surface area contributed by atoms with Crippen molar-refractivity contribution in [2.75, 3.05) is 6.54 Å². The average molecular weight is 255 g/mol. The van der Waals surface area contributed by atoms with E-state index in [-0.39, 0.29) is 17.7 Å². The second-order valence-electron chi connectivity index (χ2n) is 4.55. The molecule has 96 valence electrons. The first-order valence-corrected chi connectivity index (χ1v) is 6.13. The van der Waals surface area contributed by atoms with E-state index in [1.807, 2.05) is 17.1 Å². The SMILES string of the molecule is O=C1CC2C=CCN2C=C1NC(=O)c1ccncc1. The standard InChI is InChI=1S/C14H13N3O2/c18-13-8-11-2-1-7-17(11)9-12(13)16-14(19)10-3-5-15-6-4-10/h1-6,9,11H,7-8H2,(H,16,19). The summed E-state index contributed by atoms with van der Waals surface area (Å²) in [5.41, 5.74) is 0.854. The van der Waals surface area contributed by atoms with Gasteiger partial charge >= 0.3 is 0 Å². The molecule has 0 aromatic carbocycles. The molecular weight excluding hydrogens is 242 g/mol. The molecule has 1 unspecified atom stereocenters. The third-order valence-corrected chi connectivity index (χ3v) is 3.28. The van der Waals surface area contributed by atoms with Gasteiger partial charge in [0.05, 0.1) is 6.04 Å². The summed E-state index contributed by atoms with van der Waals surface area (Å²) in [5.74, 6) is -0.317. The van der Waals surface area contributed by atoms with Crippen LogP contribution in [0.1, 0.15) is 16.8 Å². The molecule has 0 radical (unpaired) electrons. The molecule has 1 amide bonds. The topological polar surface area (TPSA) is 62.3 Å². The number of allylic oxidation sites excluding steroid dienone is 1. The molecule has 19 heavy (non-hydrogen) atoms. The predicted molar refractivity (Wildman–Crippen MR) is 69.0 cm³/mol. The van der Waals surface area contributed by atoms with Crippen LogP contribution in [0.3, 0.4) is 0 Å². The van der Waals surface area contributed by atoms with Gasteiger partial charge in [0.2, 0.25) is 0 Å². The molecule has 2 aliphatic rings. The van der Waals surface area contributed by atoms with Crippen molar-refractivity contribution in [1.82, 2.24) is 15.2 Å². The molecular formula is C14H13N3O2. The fourth-order valence-corrected chi connectivity index (χ4v) is 2.26. The number of ketones is 1. The summed E-state index contributed by atoms with van der Waals surface area (Å²) in [4.78, 5) is 29.8. The third-order valence-electron chi connectivity index (χ3n) is 3.28. The van der Waals surface area contributed by atoms with E-state index in [1.165, 1.54) is 0 Å². The Kier molecular flexibility index (Phi) is 2.87. The van der Waals surface area contributed by atoms with Crippen molar-refractivity contribution in [2.45, 2.75) is 12.5 Å². The molecule has 0 aliphatic carbocycles. The number of hydrogen-bond donors (Lipinski definition) is 1. The number of Topliss-reactive ketones (excluding diaryl/α,β-unsaturated/α-hetero) is 1. The molecule has 0 saturated heterocycles. The highest BCUT2D eigenvalue weighted by molar-refractivity contribution is 6.04. The number of fused-ring (bicyclic) bond motifs is 1. The van der Waals surface area contributed by atoms with Gasteiger partial charge in [-0.3, -0.25) is 14.6 Å². The lowest BCUT2D eigenvalue weighted by molar-refractivity contribution is -0.117. The van der Waals surface area contributed by atoms with Gasteiger partial charge in [0.25, 0.3) is 5.91 Å². The molecule has 2 aliphatic heterocycles. The molecule has 0 fully saturated rings. The van der Waals surface area contributed by atoms with Gasteiger partial charge in [-0.15, -0.1) is 0 Å². The Balaban J connectivity index is 1.76. The molecule has 1 N–H and O–H groups in total. The minimum atomic E-state index is -0.285. The minimum Gasteiger partial charge on any atom is -0.365 e. The van der Waals surface area contributed by atoms with E-state index < -0.39 is 0 Å². The van der Waals surface area contributed by atoms with Crippen molar-refractivity contribution in [3.8, 4) is 0 Å². The van der Waals surface area contributed by atoms with Crippen LogP contribution in [0.25, 0.3) is 0 Å². The van der Waals surface area contributed by atoms with E-state index in [4.69, 9.17) is 0 Å². The summed E-state index contributed by atoms with van der Waals surface area (Å²) in [6.45, 7) is 0.784. The van der Waals surface area contributed by atoms with Crippen molar-refractivity contribution in [3.63, 3.8) is 0 Å². The predicted octanol–water partition coefficient (Wildman–Crippen LogP) is 0.866. The van der Waals surface area contributed by atoms with Gasteiger partial charge in [0, 0.05) is 37.1 Å². The number of nitrogens with one attached hydrogen (secondary N) is 1. The molecule has 5 nitrogen and oxygen atoms in total. The van der Waals surface area contributed by atoms with Crippen LogP contribution in [0.5, 0.6) is 0 Å². The maximum atomic E-state index is 12.0. The third kappa shape index (κ3) is 2.27. The van der Waals surface area contributed by atoms with Crippen LogP contribution < -0.4 is 5.32 Å². The van der Waals surface area contributed by atoms with Crippen LogP contribution in [-0.2, 0) is 4.79 Å². The summed E-state index contributed by atoms with van der Waals surface area (Å²) in [6, 6.07) is 3.38. The minimum absolute atomic E-state index is 0.0322. The lowest BCUT2D eigenvalue weighted by atomic mass is 10.0.